The summed E-state index contributed by atoms with van der Waals surface area (Å²) in [5, 5.41) is 3.68. The zero-order chi connectivity index (χ0) is 25.4. The van der Waals surface area contributed by atoms with E-state index in [1.807, 2.05) is 12.1 Å². The summed E-state index contributed by atoms with van der Waals surface area (Å²) in [5.41, 5.74) is 0.868. The quantitative estimate of drug-likeness (QED) is 0.481. The molecule has 0 aliphatic heterocycles. The van der Waals surface area contributed by atoms with E-state index in [9.17, 15) is 18.0 Å². The van der Waals surface area contributed by atoms with Crippen molar-refractivity contribution in [3.63, 3.8) is 0 Å². The first-order valence-corrected chi connectivity index (χ1v) is 13.9. The Hall–Kier alpha value is -2.42. The molecule has 0 aromatic heterocycles. The predicted octanol–water partition coefficient (Wildman–Crippen LogP) is 4.22. The molecule has 1 atom stereocenters. The number of sulfonamides is 1. The van der Waals surface area contributed by atoms with Crippen LogP contribution >= 0.6 is 11.6 Å². The highest BCUT2D eigenvalue weighted by Crippen LogP contribution is 2.20. The Morgan fingerprint density at radius 2 is 1.69 bits per heavy atom. The van der Waals surface area contributed by atoms with E-state index >= 15 is 0 Å². The summed E-state index contributed by atoms with van der Waals surface area (Å²) in [6.07, 6.45) is 4.61. The van der Waals surface area contributed by atoms with E-state index in [1.165, 1.54) is 11.4 Å². The molecule has 2 aromatic rings. The third-order valence-corrected chi connectivity index (χ3v) is 8.57. The lowest BCUT2D eigenvalue weighted by atomic mass is 10.1. The third kappa shape index (κ3) is 7.53. The second kappa shape index (κ2) is 12.5. The van der Waals surface area contributed by atoms with Crippen LogP contribution < -0.4 is 5.32 Å². The van der Waals surface area contributed by atoms with E-state index in [0.29, 0.717) is 11.4 Å². The van der Waals surface area contributed by atoms with Crippen molar-refractivity contribution in [1.82, 2.24) is 14.5 Å². The van der Waals surface area contributed by atoms with Crippen LogP contribution in [0.25, 0.3) is 0 Å². The predicted molar refractivity (Wildman–Crippen MR) is 137 cm³/mol. The molecule has 35 heavy (non-hydrogen) atoms. The van der Waals surface area contributed by atoms with Crippen LogP contribution in [0.3, 0.4) is 0 Å². The molecule has 1 aliphatic rings. The van der Waals surface area contributed by atoms with Gasteiger partial charge in [0.15, 0.2) is 0 Å². The van der Waals surface area contributed by atoms with E-state index in [-0.39, 0.29) is 42.3 Å². The molecule has 2 amide bonds. The Morgan fingerprint density at radius 1 is 1.06 bits per heavy atom. The lowest BCUT2D eigenvalue weighted by molar-refractivity contribution is -0.141. The van der Waals surface area contributed by atoms with Crippen molar-refractivity contribution in [1.29, 1.82) is 0 Å². The summed E-state index contributed by atoms with van der Waals surface area (Å²) in [4.78, 5) is 28.0. The van der Waals surface area contributed by atoms with Crippen LogP contribution in [0.15, 0.2) is 59.5 Å². The summed E-state index contributed by atoms with van der Waals surface area (Å²) in [7, 11) is -2.11. The molecule has 1 N–H and O–H groups in total. The smallest absolute Gasteiger partial charge is 0.242 e. The van der Waals surface area contributed by atoms with E-state index in [0.717, 1.165) is 31.2 Å². The molecule has 9 heteroatoms. The number of carbonyl (C=O) groups is 2. The van der Waals surface area contributed by atoms with Gasteiger partial charge < -0.3 is 10.2 Å². The molecule has 0 spiro atoms. The fraction of sp³-hybridized carbons (Fsp3) is 0.462. The van der Waals surface area contributed by atoms with Gasteiger partial charge in [0.25, 0.3) is 0 Å². The van der Waals surface area contributed by atoms with Crippen molar-refractivity contribution in [2.45, 2.75) is 69.0 Å². The maximum atomic E-state index is 13.3. The van der Waals surface area contributed by atoms with Crippen molar-refractivity contribution in [3.05, 3.63) is 65.2 Å². The Balaban J connectivity index is 1.64. The number of nitrogens with zero attached hydrogens (tertiary/aromatic N) is 2. The Bertz CT molecular complexity index is 1090. The maximum absolute atomic E-state index is 13.3. The lowest BCUT2D eigenvalue weighted by Crippen LogP contribution is -2.49. The van der Waals surface area contributed by atoms with Crippen LogP contribution in [0, 0.1) is 0 Å². The molecule has 7 nitrogen and oxygen atoms in total. The second-order valence-electron chi connectivity index (χ2n) is 9.06. The van der Waals surface area contributed by atoms with Gasteiger partial charge in [-0.3, -0.25) is 9.59 Å². The molecule has 0 bridgehead atoms. The van der Waals surface area contributed by atoms with E-state index in [2.05, 4.69) is 5.32 Å². The molecular weight excluding hydrogens is 486 g/mol. The lowest BCUT2D eigenvalue weighted by Gasteiger charge is -2.30. The van der Waals surface area contributed by atoms with Crippen molar-refractivity contribution in [3.8, 4) is 0 Å². The zero-order valence-electron chi connectivity index (χ0n) is 20.3. The summed E-state index contributed by atoms with van der Waals surface area (Å²) in [5.74, 6) is -0.359. The average molecular weight is 520 g/mol. The number of amides is 2. The largest absolute Gasteiger partial charge is 0.352 e. The third-order valence-electron chi connectivity index (χ3n) is 6.45. The van der Waals surface area contributed by atoms with Gasteiger partial charge in [0.1, 0.15) is 6.04 Å². The normalized spacial score (nSPS) is 15.2. The fourth-order valence-electron chi connectivity index (χ4n) is 4.25. The van der Waals surface area contributed by atoms with Crippen molar-refractivity contribution in [2.24, 2.45) is 0 Å². The van der Waals surface area contributed by atoms with E-state index < -0.39 is 16.1 Å². The molecular formula is C26H34ClN3O4S. The number of benzene rings is 2. The van der Waals surface area contributed by atoms with Gasteiger partial charge in [-0.2, -0.15) is 0 Å². The first-order valence-electron chi connectivity index (χ1n) is 12.0. The first kappa shape index (κ1) is 27.2. The van der Waals surface area contributed by atoms with Gasteiger partial charge in [-0.1, -0.05) is 54.8 Å². The van der Waals surface area contributed by atoms with Crippen molar-refractivity contribution in [2.75, 3.05) is 13.6 Å². The minimum atomic E-state index is -3.62. The van der Waals surface area contributed by atoms with Crippen LogP contribution in [0.4, 0.5) is 0 Å². The highest BCUT2D eigenvalue weighted by atomic mass is 35.5. The van der Waals surface area contributed by atoms with Gasteiger partial charge in [-0.15, -0.1) is 0 Å². The van der Waals surface area contributed by atoms with Crippen LogP contribution in [0.2, 0.25) is 5.02 Å². The molecule has 0 heterocycles. The fourth-order valence-corrected chi connectivity index (χ4v) is 5.61. The van der Waals surface area contributed by atoms with Crippen LogP contribution in [0.1, 0.15) is 51.0 Å². The average Bonchev–Trinajstić information content (AvgIpc) is 3.36. The summed E-state index contributed by atoms with van der Waals surface area (Å²) in [6.45, 7) is 2.21. The van der Waals surface area contributed by atoms with Gasteiger partial charge in [0.05, 0.1) is 4.90 Å². The molecule has 2 aromatic carbocycles. The highest BCUT2D eigenvalue weighted by Gasteiger charge is 2.28. The molecule has 0 saturated heterocycles. The number of rotatable bonds is 11. The Labute approximate surface area is 213 Å². The Morgan fingerprint density at radius 3 is 2.31 bits per heavy atom. The zero-order valence-corrected chi connectivity index (χ0v) is 21.9. The van der Waals surface area contributed by atoms with Gasteiger partial charge in [-0.05, 0) is 56.0 Å². The van der Waals surface area contributed by atoms with Gasteiger partial charge in [-0.25, -0.2) is 12.7 Å². The van der Waals surface area contributed by atoms with Gasteiger partial charge >= 0.3 is 0 Å². The molecule has 190 valence electrons. The van der Waals surface area contributed by atoms with E-state index in [1.54, 1.807) is 54.3 Å². The van der Waals surface area contributed by atoms with Crippen LogP contribution in [-0.4, -0.2) is 55.1 Å². The van der Waals surface area contributed by atoms with Gasteiger partial charge in [0, 0.05) is 37.6 Å². The minimum absolute atomic E-state index is 0.128. The van der Waals surface area contributed by atoms with Crippen LogP contribution in [0.5, 0.6) is 0 Å². The monoisotopic (exact) mass is 519 g/mol. The summed E-state index contributed by atoms with van der Waals surface area (Å²) >= 11 is 6.00. The molecule has 0 unspecified atom stereocenters. The minimum Gasteiger partial charge on any atom is -0.352 e. The van der Waals surface area contributed by atoms with Crippen molar-refractivity contribution >= 4 is 33.4 Å². The first-order chi connectivity index (χ1) is 16.7. The number of nitrogens with one attached hydrogen (secondary N) is 1. The number of hydrogen-bond donors (Lipinski definition) is 1. The molecule has 1 aliphatic carbocycles. The van der Waals surface area contributed by atoms with E-state index in [4.69, 9.17) is 11.6 Å². The SMILES string of the molecule is C[C@@H](C(=O)NC1CCCC1)N(Cc1ccc(Cl)cc1)C(=O)CCCN(C)S(=O)(=O)c1ccccc1. The summed E-state index contributed by atoms with van der Waals surface area (Å²) < 4.78 is 26.7. The topological polar surface area (TPSA) is 86.8 Å². The second-order valence-corrected chi connectivity index (χ2v) is 11.5. The maximum Gasteiger partial charge on any atom is 0.242 e. The van der Waals surface area contributed by atoms with Crippen molar-refractivity contribution < 1.29 is 18.0 Å². The molecule has 0 radical (unpaired) electrons. The standard InChI is InChI=1S/C26H34ClN3O4S/c1-20(26(32)28-23-9-6-7-10-23)30(19-21-14-16-22(27)17-15-21)25(31)13-8-18-29(2)35(33,34)24-11-4-3-5-12-24/h3-5,11-12,14-17,20,23H,6-10,13,18-19H2,1-2H3,(H,28,32)/t20-/m0/s1. The summed E-state index contributed by atoms with van der Waals surface area (Å²) in [6, 6.07) is 14.9. The van der Waals surface area contributed by atoms with Crippen LogP contribution in [-0.2, 0) is 26.2 Å². The highest BCUT2D eigenvalue weighted by molar-refractivity contribution is 7.89. The Kier molecular flexibility index (Phi) is 9.71. The molecule has 1 fully saturated rings. The number of halogens is 1. The van der Waals surface area contributed by atoms with Gasteiger partial charge in [0.2, 0.25) is 21.8 Å². The number of carbonyl (C=O) groups excluding carboxylic acids is 2. The molecule has 3 rings (SSSR count). The number of hydrogen-bond acceptors (Lipinski definition) is 4. The molecule has 1 saturated carbocycles.